The molecule has 0 aromatic heterocycles. The second-order valence-electron chi connectivity index (χ2n) is 6.37. The zero-order valence-electron chi connectivity index (χ0n) is 12.5. The highest BCUT2D eigenvalue weighted by Crippen LogP contribution is 2.30. The summed E-state index contributed by atoms with van der Waals surface area (Å²) in [5, 5.41) is 4.12. The van der Waals surface area contributed by atoms with Crippen LogP contribution in [0.3, 0.4) is 0 Å². The van der Waals surface area contributed by atoms with Crippen LogP contribution in [0.15, 0.2) is 18.2 Å². The van der Waals surface area contributed by atoms with Gasteiger partial charge in [0, 0.05) is 12.0 Å². The molecule has 116 valence electrons. The molecule has 2 unspecified atom stereocenters. The van der Waals surface area contributed by atoms with Gasteiger partial charge in [0.1, 0.15) is 0 Å². The molecule has 5 heteroatoms. The molecule has 1 aromatic rings. The van der Waals surface area contributed by atoms with Gasteiger partial charge < -0.3 is 11.1 Å². The molecule has 0 radical (unpaired) electrons. The van der Waals surface area contributed by atoms with Crippen molar-refractivity contribution < 1.29 is 4.79 Å². The minimum absolute atomic E-state index is 0.01000. The molecular weight excluding hydrogens is 307 g/mol. The van der Waals surface area contributed by atoms with Crippen molar-refractivity contribution in [1.29, 1.82) is 0 Å². The molecule has 3 nitrogen and oxygen atoms in total. The number of rotatable bonds is 3. The topological polar surface area (TPSA) is 55.1 Å². The Balaban J connectivity index is 2.08. The molecular formula is C16H22Cl2N2O. The molecule has 0 spiro atoms. The van der Waals surface area contributed by atoms with Gasteiger partial charge in [-0.05, 0) is 50.8 Å². The molecule has 0 bridgehead atoms. The first kappa shape index (κ1) is 16.6. The third kappa shape index (κ3) is 4.12. The highest BCUT2D eigenvalue weighted by atomic mass is 35.5. The maximum absolute atomic E-state index is 12.5. The van der Waals surface area contributed by atoms with E-state index in [-0.39, 0.29) is 17.9 Å². The first-order valence-corrected chi connectivity index (χ1v) is 8.08. The van der Waals surface area contributed by atoms with Gasteiger partial charge in [0.2, 0.25) is 5.91 Å². The van der Waals surface area contributed by atoms with Crippen molar-refractivity contribution in [3.63, 3.8) is 0 Å². The molecule has 1 aliphatic rings. The van der Waals surface area contributed by atoms with Crippen molar-refractivity contribution in [2.45, 2.75) is 51.1 Å². The van der Waals surface area contributed by atoms with Crippen LogP contribution in [0.1, 0.15) is 45.1 Å². The van der Waals surface area contributed by atoms with E-state index in [0.29, 0.717) is 10.0 Å². The summed E-state index contributed by atoms with van der Waals surface area (Å²) in [6.45, 7) is 3.93. The predicted molar refractivity (Wildman–Crippen MR) is 87.6 cm³/mol. The third-order valence-electron chi connectivity index (χ3n) is 4.16. The van der Waals surface area contributed by atoms with Crippen LogP contribution in [0.4, 0.5) is 0 Å². The lowest BCUT2D eigenvalue weighted by Crippen LogP contribution is -2.46. The van der Waals surface area contributed by atoms with Gasteiger partial charge in [-0.2, -0.15) is 0 Å². The van der Waals surface area contributed by atoms with Gasteiger partial charge in [0.15, 0.2) is 0 Å². The van der Waals surface area contributed by atoms with Crippen molar-refractivity contribution >= 4 is 29.1 Å². The van der Waals surface area contributed by atoms with E-state index in [9.17, 15) is 4.79 Å². The maximum Gasteiger partial charge on any atom is 0.223 e. The Kier molecular flexibility index (Phi) is 5.18. The summed E-state index contributed by atoms with van der Waals surface area (Å²) in [5.74, 6) is 0.0806. The zero-order valence-corrected chi connectivity index (χ0v) is 14.0. The van der Waals surface area contributed by atoms with E-state index in [0.717, 1.165) is 31.2 Å². The minimum atomic E-state index is -0.493. The fourth-order valence-corrected chi connectivity index (χ4v) is 3.13. The van der Waals surface area contributed by atoms with Gasteiger partial charge in [0.25, 0.3) is 0 Å². The van der Waals surface area contributed by atoms with E-state index in [1.807, 2.05) is 19.9 Å². The molecule has 21 heavy (non-hydrogen) atoms. The molecule has 1 amide bonds. The van der Waals surface area contributed by atoms with Crippen LogP contribution >= 0.6 is 23.2 Å². The first-order chi connectivity index (χ1) is 9.79. The van der Waals surface area contributed by atoms with E-state index in [2.05, 4.69) is 5.32 Å². The van der Waals surface area contributed by atoms with E-state index in [1.165, 1.54) is 0 Å². The van der Waals surface area contributed by atoms with Crippen LogP contribution in [0.25, 0.3) is 0 Å². The van der Waals surface area contributed by atoms with Crippen LogP contribution in [0.5, 0.6) is 0 Å². The lowest BCUT2D eigenvalue weighted by molar-refractivity contribution is -0.127. The Hall–Kier alpha value is -0.770. The summed E-state index contributed by atoms with van der Waals surface area (Å²) in [6.07, 6.45) is 3.71. The summed E-state index contributed by atoms with van der Waals surface area (Å²) >= 11 is 12.0. The molecule has 1 aromatic carbocycles. The molecule has 2 atom stereocenters. The predicted octanol–water partition coefficient (Wildman–Crippen LogP) is 3.86. The van der Waals surface area contributed by atoms with Crippen LogP contribution in [0.2, 0.25) is 10.0 Å². The van der Waals surface area contributed by atoms with Crippen LogP contribution < -0.4 is 11.1 Å². The number of carbonyl (C=O) groups excluding carboxylic acids is 1. The number of halogens is 2. The monoisotopic (exact) mass is 328 g/mol. The summed E-state index contributed by atoms with van der Waals surface area (Å²) in [7, 11) is 0. The lowest BCUT2D eigenvalue weighted by Gasteiger charge is -2.32. The summed E-state index contributed by atoms with van der Waals surface area (Å²) in [4.78, 5) is 12.5. The average molecular weight is 329 g/mol. The third-order valence-corrected chi connectivity index (χ3v) is 4.90. The van der Waals surface area contributed by atoms with Crippen LogP contribution in [-0.2, 0) is 10.3 Å². The summed E-state index contributed by atoms with van der Waals surface area (Å²) < 4.78 is 0. The van der Waals surface area contributed by atoms with Crippen molar-refractivity contribution in [2.24, 2.45) is 11.7 Å². The number of amides is 1. The quantitative estimate of drug-likeness (QED) is 0.885. The lowest BCUT2D eigenvalue weighted by atomic mass is 9.84. The Morgan fingerprint density at radius 2 is 2.00 bits per heavy atom. The number of hydrogen-bond acceptors (Lipinski definition) is 2. The fraction of sp³-hybridized carbons (Fsp3) is 0.562. The average Bonchev–Trinajstić information content (AvgIpc) is 2.41. The Bertz CT molecular complexity index is 531. The molecule has 0 saturated heterocycles. The van der Waals surface area contributed by atoms with Gasteiger partial charge in [-0.15, -0.1) is 0 Å². The SMILES string of the molecule is CC(C)(NC(=O)C1CCCC(N)C1)c1ccc(Cl)c(Cl)c1. The number of nitrogens with two attached hydrogens (primary N) is 1. The van der Waals surface area contributed by atoms with Gasteiger partial charge in [0.05, 0.1) is 15.6 Å². The molecule has 0 heterocycles. The smallest absolute Gasteiger partial charge is 0.223 e. The molecule has 0 aliphatic heterocycles. The van der Waals surface area contributed by atoms with Crippen molar-refractivity contribution in [3.8, 4) is 0 Å². The van der Waals surface area contributed by atoms with Gasteiger partial charge >= 0.3 is 0 Å². The normalized spacial score (nSPS) is 22.9. The molecule has 2 rings (SSSR count). The largest absolute Gasteiger partial charge is 0.347 e. The summed E-state index contributed by atoms with van der Waals surface area (Å²) in [6, 6.07) is 5.59. The van der Waals surface area contributed by atoms with Crippen molar-refractivity contribution in [1.82, 2.24) is 5.32 Å². The zero-order chi connectivity index (χ0) is 15.6. The molecule has 1 aliphatic carbocycles. The van der Waals surface area contributed by atoms with E-state index in [1.54, 1.807) is 12.1 Å². The Morgan fingerprint density at radius 1 is 1.29 bits per heavy atom. The van der Waals surface area contributed by atoms with E-state index < -0.39 is 5.54 Å². The van der Waals surface area contributed by atoms with Gasteiger partial charge in [-0.25, -0.2) is 0 Å². The van der Waals surface area contributed by atoms with E-state index >= 15 is 0 Å². The molecule has 1 fully saturated rings. The second-order valence-corrected chi connectivity index (χ2v) is 7.18. The van der Waals surface area contributed by atoms with Crippen LogP contribution in [0, 0.1) is 5.92 Å². The first-order valence-electron chi connectivity index (χ1n) is 7.33. The Morgan fingerprint density at radius 3 is 2.62 bits per heavy atom. The highest BCUT2D eigenvalue weighted by Gasteiger charge is 2.30. The van der Waals surface area contributed by atoms with Gasteiger partial charge in [-0.1, -0.05) is 35.7 Å². The molecule has 1 saturated carbocycles. The van der Waals surface area contributed by atoms with Crippen LogP contribution in [-0.4, -0.2) is 11.9 Å². The fourth-order valence-electron chi connectivity index (χ4n) is 2.83. The number of hydrogen-bond donors (Lipinski definition) is 2. The van der Waals surface area contributed by atoms with Gasteiger partial charge in [-0.3, -0.25) is 4.79 Å². The standard InChI is InChI=1S/C16H22Cl2N2O/c1-16(2,11-6-7-13(17)14(18)9-11)20-15(21)10-4-3-5-12(19)8-10/h6-7,9-10,12H,3-5,8,19H2,1-2H3,(H,20,21). The maximum atomic E-state index is 12.5. The highest BCUT2D eigenvalue weighted by molar-refractivity contribution is 6.42. The number of carbonyl (C=O) groups is 1. The minimum Gasteiger partial charge on any atom is -0.347 e. The number of benzene rings is 1. The van der Waals surface area contributed by atoms with E-state index in [4.69, 9.17) is 28.9 Å². The number of nitrogens with one attached hydrogen (secondary N) is 1. The molecule has 3 N–H and O–H groups in total. The van der Waals surface area contributed by atoms with Crippen molar-refractivity contribution in [2.75, 3.05) is 0 Å². The second kappa shape index (κ2) is 6.55. The Labute approximate surface area is 136 Å². The summed E-state index contributed by atoms with van der Waals surface area (Å²) in [5.41, 5.74) is 6.40. The van der Waals surface area contributed by atoms with Crippen molar-refractivity contribution in [3.05, 3.63) is 33.8 Å².